The van der Waals surface area contributed by atoms with Gasteiger partial charge in [0.25, 0.3) is 0 Å². The normalized spacial score (nSPS) is 11.1. The van der Waals surface area contributed by atoms with E-state index >= 15 is 0 Å². The summed E-state index contributed by atoms with van der Waals surface area (Å²) >= 11 is 11.9. The number of hydrogen-bond donors (Lipinski definition) is 2. The number of nitrogens with one attached hydrogen (secondary N) is 1. The molecule has 1 heterocycles. The van der Waals surface area contributed by atoms with Crippen LogP contribution in [0.3, 0.4) is 0 Å². The lowest BCUT2D eigenvalue weighted by atomic mass is 10.1. The maximum absolute atomic E-state index is 6.00. The number of imidazole rings is 1. The van der Waals surface area contributed by atoms with E-state index < -0.39 is 0 Å². The predicted molar refractivity (Wildman–Crippen MR) is 79.8 cm³/mol. The maximum atomic E-state index is 6.00. The zero-order valence-corrected chi connectivity index (χ0v) is 11.5. The Morgan fingerprint density at radius 3 is 2.68 bits per heavy atom. The van der Waals surface area contributed by atoms with Crippen LogP contribution in [0.5, 0.6) is 0 Å². The number of rotatable bonds is 2. The zero-order valence-electron chi connectivity index (χ0n) is 9.95. The van der Waals surface area contributed by atoms with Crippen LogP contribution >= 0.6 is 23.2 Å². The molecule has 0 saturated carbocycles. The molecular formula is C14H11Cl2N3. The number of nitrogen functional groups attached to an aromatic ring is 1. The molecule has 0 amide bonds. The Morgan fingerprint density at radius 1 is 1.05 bits per heavy atom. The number of halogens is 2. The number of anilines is 1. The van der Waals surface area contributed by atoms with Gasteiger partial charge in [-0.05, 0) is 35.9 Å². The van der Waals surface area contributed by atoms with Crippen LogP contribution in [0.4, 0.5) is 5.69 Å². The van der Waals surface area contributed by atoms with Crippen LogP contribution in [0.25, 0.3) is 11.0 Å². The standard InChI is InChI=1S/C14H11Cl2N3/c15-10-3-1-8(5-11(10)16)6-14-18-12-4-2-9(17)7-13(12)19-14/h1-5,7H,6,17H2,(H,18,19). The van der Waals surface area contributed by atoms with Gasteiger partial charge in [0, 0.05) is 12.1 Å². The molecule has 0 atom stereocenters. The monoisotopic (exact) mass is 291 g/mol. The molecule has 5 heteroatoms. The van der Waals surface area contributed by atoms with Crippen molar-refractivity contribution in [2.24, 2.45) is 0 Å². The molecule has 0 bridgehead atoms. The van der Waals surface area contributed by atoms with Crippen molar-refractivity contribution in [3.63, 3.8) is 0 Å². The molecule has 96 valence electrons. The van der Waals surface area contributed by atoms with E-state index in [1.165, 1.54) is 0 Å². The molecule has 0 radical (unpaired) electrons. The maximum Gasteiger partial charge on any atom is 0.111 e. The van der Waals surface area contributed by atoms with Crippen molar-refractivity contribution in [2.75, 3.05) is 5.73 Å². The second-order valence-corrected chi connectivity index (χ2v) is 5.20. The minimum atomic E-state index is 0.555. The summed E-state index contributed by atoms with van der Waals surface area (Å²) in [5.74, 6) is 0.874. The summed E-state index contributed by atoms with van der Waals surface area (Å²) in [6, 6.07) is 11.2. The van der Waals surface area contributed by atoms with Crippen LogP contribution in [0.15, 0.2) is 36.4 Å². The van der Waals surface area contributed by atoms with Gasteiger partial charge in [-0.15, -0.1) is 0 Å². The van der Waals surface area contributed by atoms with E-state index in [1.54, 1.807) is 6.07 Å². The van der Waals surface area contributed by atoms with Gasteiger partial charge in [0.1, 0.15) is 5.82 Å². The number of nitrogens with zero attached hydrogens (tertiary/aromatic N) is 1. The first-order valence-electron chi connectivity index (χ1n) is 5.80. The molecular weight excluding hydrogens is 281 g/mol. The number of nitrogens with two attached hydrogens (primary N) is 1. The zero-order chi connectivity index (χ0) is 13.4. The van der Waals surface area contributed by atoms with Crippen molar-refractivity contribution >= 4 is 39.9 Å². The van der Waals surface area contributed by atoms with E-state index in [0.29, 0.717) is 16.5 Å². The van der Waals surface area contributed by atoms with Crippen LogP contribution in [0, 0.1) is 0 Å². The van der Waals surface area contributed by atoms with E-state index in [4.69, 9.17) is 28.9 Å². The second-order valence-electron chi connectivity index (χ2n) is 4.39. The third-order valence-electron chi connectivity index (χ3n) is 2.91. The molecule has 0 saturated heterocycles. The van der Waals surface area contributed by atoms with Crippen molar-refractivity contribution in [2.45, 2.75) is 6.42 Å². The summed E-state index contributed by atoms with van der Waals surface area (Å²) < 4.78 is 0. The molecule has 3 aromatic rings. The molecule has 3 nitrogen and oxygen atoms in total. The summed E-state index contributed by atoms with van der Waals surface area (Å²) in [6.45, 7) is 0. The van der Waals surface area contributed by atoms with Crippen molar-refractivity contribution in [1.29, 1.82) is 0 Å². The van der Waals surface area contributed by atoms with Gasteiger partial charge in [0.2, 0.25) is 0 Å². The van der Waals surface area contributed by atoms with Crippen LogP contribution in [-0.4, -0.2) is 9.97 Å². The number of benzene rings is 2. The van der Waals surface area contributed by atoms with Crippen molar-refractivity contribution in [3.8, 4) is 0 Å². The quantitative estimate of drug-likeness (QED) is 0.700. The van der Waals surface area contributed by atoms with Crippen LogP contribution in [-0.2, 0) is 6.42 Å². The fourth-order valence-corrected chi connectivity index (χ4v) is 2.33. The minimum Gasteiger partial charge on any atom is -0.399 e. The van der Waals surface area contributed by atoms with Crippen LogP contribution in [0.1, 0.15) is 11.4 Å². The molecule has 0 spiro atoms. The number of aromatic amines is 1. The number of aromatic nitrogens is 2. The summed E-state index contributed by atoms with van der Waals surface area (Å²) in [4.78, 5) is 7.77. The SMILES string of the molecule is Nc1ccc2nc(Cc3ccc(Cl)c(Cl)c3)[nH]c2c1. The molecule has 0 fully saturated rings. The smallest absolute Gasteiger partial charge is 0.111 e. The first-order valence-corrected chi connectivity index (χ1v) is 6.55. The van der Waals surface area contributed by atoms with Crippen molar-refractivity contribution in [3.05, 3.63) is 57.8 Å². The van der Waals surface area contributed by atoms with Gasteiger partial charge in [-0.1, -0.05) is 29.3 Å². The van der Waals surface area contributed by atoms with Gasteiger partial charge in [-0.2, -0.15) is 0 Å². The largest absolute Gasteiger partial charge is 0.399 e. The van der Waals surface area contributed by atoms with Crippen molar-refractivity contribution in [1.82, 2.24) is 9.97 Å². The Labute approximate surface area is 120 Å². The number of hydrogen-bond acceptors (Lipinski definition) is 2. The van der Waals surface area contributed by atoms with Gasteiger partial charge in [-0.3, -0.25) is 0 Å². The third-order valence-corrected chi connectivity index (χ3v) is 3.65. The van der Waals surface area contributed by atoms with Crippen LogP contribution < -0.4 is 5.73 Å². The van der Waals surface area contributed by atoms with Gasteiger partial charge in [0.05, 0.1) is 21.1 Å². The third kappa shape index (κ3) is 2.53. The van der Waals surface area contributed by atoms with Crippen LogP contribution in [0.2, 0.25) is 10.0 Å². The van der Waals surface area contributed by atoms with E-state index in [2.05, 4.69) is 9.97 Å². The highest BCUT2D eigenvalue weighted by Crippen LogP contribution is 2.24. The highest BCUT2D eigenvalue weighted by Gasteiger charge is 2.06. The molecule has 1 aromatic heterocycles. The van der Waals surface area contributed by atoms with Gasteiger partial charge < -0.3 is 10.7 Å². The fourth-order valence-electron chi connectivity index (χ4n) is 2.01. The predicted octanol–water partition coefficient (Wildman–Crippen LogP) is 4.04. The van der Waals surface area contributed by atoms with E-state index in [-0.39, 0.29) is 0 Å². The number of H-pyrrole nitrogens is 1. The molecule has 0 unspecified atom stereocenters. The Kier molecular flexibility index (Phi) is 3.09. The highest BCUT2D eigenvalue weighted by atomic mass is 35.5. The summed E-state index contributed by atoms with van der Waals surface area (Å²) in [6.07, 6.45) is 0.672. The summed E-state index contributed by atoms with van der Waals surface area (Å²) in [5, 5.41) is 1.11. The van der Waals surface area contributed by atoms with E-state index in [0.717, 1.165) is 28.1 Å². The van der Waals surface area contributed by atoms with E-state index in [1.807, 2.05) is 30.3 Å². The van der Waals surface area contributed by atoms with Crippen molar-refractivity contribution < 1.29 is 0 Å². The molecule has 3 N–H and O–H groups in total. The topological polar surface area (TPSA) is 54.7 Å². The Hall–Kier alpha value is -1.71. The Balaban J connectivity index is 1.94. The highest BCUT2D eigenvalue weighted by molar-refractivity contribution is 6.42. The van der Waals surface area contributed by atoms with Gasteiger partial charge in [0.15, 0.2) is 0 Å². The fraction of sp³-hybridized carbons (Fsp3) is 0.0714. The molecule has 2 aromatic carbocycles. The lowest BCUT2D eigenvalue weighted by Gasteiger charge is -2.00. The first kappa shape index (κ1) is 12.3. The average molecular weight is 292 g/mol. The molecule has 0 aliphatic rings. The van der Waals surface area contributed by atoms with E-state index in [9.17, 15) is 0 Å². The molecule has 3 rings (SSSR count). The lowest BCUT2D eigenvalue weighted by molar-refractivity contribution is 1.04. The molecule has 0 aliphatic heterocycles. The molecule has 19 heavy (non-hydrogen) atoms. The summed E-state index contributed by atoms with van der Waals surface area (Å²) in [5.41, 5.74) is 9.37. The first-order chi connectivity index (χ1) is 9.11. The van der Waals surface area contributed by atoms with Gasteiger partial charge >= 0.3 is 0 Å². The summed E-state index contributed by atoms with van der Waals surface area (Å²) in [7, 11) is 0. The number of fused-ring (bicyclic) bond motifs is 1. The molecule has 0 aliphatic carbocycles. The van der Waals surface area contributed by atoms with Gasteiger partial charge in [-0.25, -0.2) is 4.98 Å². The minimum absolute atomic E-state index is 0.555. The lowest BCUT2D eigenvalue weighted by Crippen LogP contribution is -1.90. The Morgan fingerprint density at radius 2 is 1.89 bits per heavy atom. The Bertz CT molecular complexity index is 750. The second kappa shape index (κ2) is 4.76. The average Bonchev–Trinajstić information content (AvgIpc) is 2.75.